The van der Waals surface area contributed by atoms with Gasteiger partial charge in [0.1, 0.15) is 0 Å². The Kier molecular flexibility index (Phi) is 5.97. The van der Waals surface area contributed by atoms with E-state index in [1.54, 1.807) is 12.1 Å². The van der Waals surface area contributed by atoms with Crippen molar-refractivity contribution in [3.8, 4) is 11.6 Å². The first-order chi connectivity index (χ1) is 14.1. The van der Waals surface area contributed by atoms with Gasteiger partial charge in [0.05, 0.1) is 16.3 Å². The average Bonchev–Trinajstić information content (AvgIpc) is 3.11. The summed E-state index contributed by atoms with van der Waals surface area (Å²) < 4.78 is 45.4. The third-order valence-electron chi connectivity index (χ3n) is 3.79. The topological polar surface area (TPSA) is 93.5 Å². The van der Waals surface area contributed by atoms with Gasteiger partial charge >= 0.3 is 12.1 Å². The van der Waals surface area contributed by atoms with E-state index in [9.17, 15) is 22.8 Å². The number of nitrogens with one attached hydrogen (secondary N) is 1. The number of amides is 1. The maximum absolute atomic E-state index is 13.1. The van der Waals surface area contributed by atoms with E-state index < -0.39 is 30.4 Å². The maximum atomic E-state index is 13.1. The lowest BCUT2D eigenvalue weighted by molar-refractivity contribution is -0.141. The molecule has 0 fully saturated rings. The van der Waals surface area contributed by atoms with Crippen molar-refractivity contribution in [3.63, 3.8) is 0 Å². The van der Waals surface area contributed by atoms with Crippen molar-refractivity contribution < 1.29 is 32.6 Å². The molecule has 1 amide bonds. The number of alkyl halides is 3. The lowest BCUT2D eigenvalue weighted by Crippen LogP contribution is -2.21. The molecule has 0 aliphatic heterocycles. The first-order valence-corrected chi connectivity index (χ1v) is 8.71. The third-order valence-corrected chi connectivity index (χ3v) is 4.11. The van der Waals surface area contributed by atoms with Gasteiger partial charge in [-0.15, -0.1) is 0 Å². The van der Waals surface area contributed by atoms with Crippen LogP contribution < -0.4 is 10.1 Å². The Morgan fingerprint density at radius 3 is 2.53 bits per heavy atom. The number of hydrogen-bond acceptors (Lipinski definition) is 4. The smallest absolute Gasteiger partial charge is 0.435 e. The molecule has 0 bridgehead atoms. The summed E-state index contributed by atoms with van der Waals surface area (Å²) in [6.45, 7) is -0.648. The van der Waals surface area contributed by atoms with Gasteiger partial charge in [0, 0.05) is 11.8 Å². The molecule has 0 spiro atoms. The van der Waals surface area contributed by atoms with Gasteiger partial charge in [-0.3, -0.25) is 4.79 Å². The number of anilines is 1. The molecule has 156 valence electrons. The minimum Gasteiger partial charge on any atom is -0.478 e. The van der Waals surface area contributed by atoms with Gasteiger partial charge < -0.3 is 15.2 Å². The Morgan fingerprint density at radius 2 is 1.87 bits per heavy atom. The number of nitrogens with zero attached hydrogens (tertiary/aromatic N) is 2. The molecule has 0 saturated carbocycles. The molecule has 1 heterocycles. The van der Waals surface area contributed by atoms with Gasteiger partial charge in [-0.1, -0.05) is 29.8 Å². The quantitative estimate of drug-likeness (QED) is 0.598. The maximum Gasteiger partial charge on any atom is 0.435 e. The van der Waals surface area contributed by atoms with E-state index in [2.05, 4.69) is 10.4 Å². The molecule has 2 aromatic carbocycles. The van der Waals surface area contributed by atoms with E-state index in [1.165, 1.54) is 36.4 Å². The van der Waals surface area contributed by atoms with Crippen LogP contribution in [0.15, 0.2) is 54.6 Å². The van der Waals surface area contributed by atoms with Crippen LogP contribution in [0.1, 0.15) is 16.1 Å². The Hall–Kier alpha value is -3.53. The van der Waals surface area contributed by atoms with Crippen LogP contribution in [0.2, 0.25) is 5.02 Å². The molecule has 0 saturated heterocycles. The van der Waals surface area contributed by atoms with Crippen LogP contribution in [-0.2, 0) is 11.0 Å². The number of aromatic nitrogens is 2. The number of halogens is 4. The Morgan fingerprint density at radius 1 is 1.13 bits per heavy atom. The summed E-state index contributed by atoms with van der Waals surface area (Å²) in [6.07, 6.45) is -4.73. The molecule has 11 heteroatoms. The average molecular weight is 440 g/mol. The highest BCUT2D eigenvalue weighted by Gasteiger charge is 2.36. The number of carboxylic acid groups (broad SMARTS) is 1. The molecular weight excluding hydrogens is 427 g/mol. The molecule has 7 nitrogen and oxygen atoms in total. The second-order valence-electron chi connectivity index (χ2n) is 5.95. The summed E-state index contributed by atoms with van der Waals surface area (Å²) in [4.78, 5) is 23.1. The van der Waals surface area contributed by atoms with E-state index in [4.69, 9.17) is 21.4 Å². The van der Waals surface area contributed by atoms with Crippen LogP contribution in [0.4, 0.5) is 18.9 Å². The lowest BCUT2D eigenvalue weighted by atomic mass is 10.2. The van der Waals surface area contributed by atoms with E-state index in [-0.39, 0.29) is 27.8 Å². The molecule has 0 aliphatic carbocycles. The van der Waals surface area contributed by atoms with Crippen LogP contribution in [0.25, 0.3) is 5.69 Å². The third kappa shape index (κ3) is 4.90. The van der Waals surface area contributed by atoms with Crippen molar-refractivity contribution in [3.05, 3.63) is 70.9 Å². The largest absolute Gasteiger partial charge is 0.478 e. The first kappa shape index (κ1) is 21.2. The zero-order chi connectivity index (χ0) is 21.9. The highest BCUT2D eigenvalue weighted by molar-refractivity contribution is 6.32. The number of carboxylic acids is 1. The molecule has 30 heavy (non-hydrogen) atoms. The SMILES string of the molecule is O=C(COc1cc(C(F)(F)F)nn1-c1ccccc1Cl)Nc1cccc(C(=O)O)c1. The molecular formula is C19H13ClF3N3O4. The van der Waals surface area contributed by atoms with Crippen molar-refractivity contribution in [1.29, 1.82) is 0 Å². The second kappa shape index (κ2) is 8.46. The predicted molar refractivity (Wildman–Crippen MR) is 101 cm³/mol. The Bertz CT molecular complexity index is 1100. The fraction of sp³-hybridized carbons (Fsp3) is 0.105. The van der Waals surface area contributed by atoms with E-state index in [0.29, 0.717) is 6.07 Å². The monoisotopic (exact) mass is 439 g/mol. The van der Waals surface area contributed by atoms with E-state index >= 15 is 0 Å². The number of ether oxygens (including phenoxy) is 1. The molecule has 0 radical (unpaired) electrons. The number of benzene rings is 2. The number of hydrogen-bond donors (Lipinski definition) is 2. The van der Waals surface area contributed by atoms with Crippen LogP contribution in [0.5, 0.6) is 5.88 Å². The fourth-order valence-electron chi connectivity index (χ4n) is 2.47. The van der Waals surface area contributed by atoms with Crippen LogP contribution in [0, 0.1) is 0 Å². The van der Waals surface area contributed by atoms with Crippen molar-refractivity contribution in [2.45, 2.75) is 6.18 Å². The molecule has 3 rings (SSSR count). The van der Waals surface area contributed by atoms with Crippen molar-refractivity contribution in [2.75, 3.05) is 11.9 Å². The zero-order valence-corrected chi connectivity index (χ0v) is 15.7. The minimum absolute atomic E-state index is 0.0414. The summed E-state index contributed by atoms with van der Waals surface area (Å²) in [5, 5.41) is 15.0. The summed E-state index contributed by atoms with van der Waals surface area (Å²) in [6, 6.07) is 12.2. The number of rotatable bonds is 6. The fourth-order valence-corrected chi connectivity index (χ4v) is 2.68. The van der Waals surface area contributed by atoms with Crippen molar-refractivity contribution in [1.82, 2.24) is 9.78 Å². The van der Waals surface area contributed by atoms with E-state index in [0.717, 1.165) is 4.68 Å². The Balaban J connectivity index is 1.80. The van der Waals surface area contributed by atoms with Gasteiger partial charge in [0.15, 0.2) is 12.3 Å². The molecule has 0 atom stereocenters. The minimum atomic E-state index is -4.73. The second-order valence-corrected chi connectivity index (χ2v) is 6.36. The number of carbonyl (C=O) groups is 2. The molecule has 3 aromatic rings. The van der Waals surface area contributed by atoms with Crippen LogP contribution in [0.3, 0.4) is 0 Å². The molecule has 2 N–H and O–H groups in total. The molecule has 0 unspecified atom stereocenters. The summed E-state index contributed by atoms with van der Waals surface area (Å²) in [5.41, 5.74) is -0.925. The van der Waals surface area contributed by atoms with Crippen molar-refractivity contribution >= 4 is 29.2 Å². The summed E-state index contributed by atoms with van der Waals surface area (Å²) >= 11 is 6.04. The zero-order valence-electron chi connectivity index (χ0n) is 15.0. The number of carbonyl (C=O) groups excluding carboxylic acids is 1. The predicted octanol–water partition coefficient (Wildman–Crippen LogP) is 4.26. The van der Waals surface area contributed by atoms with Crippen molar-refractivity contribution in [2.24, 2.45) is 0 Å². The first-order valence-electron chi connectivity index (χ1n) is 8.33. The normalized spacial score (nSPS) is 11.2. The molecule has 0 aliphatic rings. The lowest BCUT2D eigenvalue weighted by Gasteiger charge is -2.11. The van der Waals surface area contributed by atoms with Crippen LogP contribution in [-0.4, -0.2) is 33.4 Å². The van der Waals surface area contributed by atoms with Gasteiger partial charge in [-0.05, 0) is 30.3 Å². The number of aromatic carboxylic acids is 1. The highest BCUT2D eigenvalue weighted by atomic mass is 35.5. The summed E-state index contributed by atoms with van der Waals surface area (Å²) in [5.74, 6) is -2.23. The van der Waals surface area contributed by atoms with Gasteiger partial charge in [-0.2, -0.15) is 23.0 Å². The standard InChI is InChI=1S/C19H13ClF3N3O4/c20-13-6-1-2-7-14(13)26-17(9-15(25-26)19(21,22)23)30-10-16(27)24-12-5-3-4-11(8-12)18(28)29/h1-9H,10H2,(H,24,27)(H,28,29). The highest BCUT2D eigenvalue weighted by Crippen LogP contribution is 2.33. The van der Waals surface area contributed by atoms with Gasteiger partial charge in [0.25, 0.3) is 5.91 Å². The molecule has 1 aromatic heterocycles. The van der Waals surface area contributed by atoms with Gasteiger partial charge in [-0.25, -0.2) is 4.79 Å². The van der Waals surface area contributed by atoms with Crippen LogP contribution >= 0.6 is 11.6 Å². The van der Waals surface area contributed by atoms with Gasteiger partial charge in [0.2, 0.25) is 5.88 Å². The number of para-hydroxylation sites is 1. The Labute approximate surface area is 172 Å². The van der Waals surface area contributed by atoms with E-state index in [1.807, 2.05) is 0 Å². The summed E-state index contributed by atoms with van der Waals surface area (Å²) in [7, 11) is 0.